The summed E-state index contributed by atoms with van der Waals surface area (Å²) in [5.41, 5.74) is -0.601. The predicted molar refractivity (Wildman–Crippen MR) is 56.8 cm³/mol. The van der Waals surface area contributed by atoms with E-state index in [1.807, 2.05) is 0 Å². The molecular formula is C11H13NO4. The van der Waals surface area contributed by atoms with Gasteiger partial charge in [0.25, 0.3) is 5.56 Å². The normalized spacial score (nSPS) is 17.2. The zero-order valence-electron chi connectivity index (χ0n) is 8.76. The molecule has 1 aromatic heterocycles. The van der Waals surface area contributed by atoms with Gasteiger partial charge in [-0.3, -0.25) is 4.79 Å². The van der Waals surface area contributed by atoms with E-state index in [1.165, 1.54) is 10.6 Å². The minimum atomic E-state index is -1.17. The number of pyridine rings is 1. The predicted octanol–water partition coefficient (Wildman–Crippen LogP) is 0.898. The number of carbonyl (C=O) groups is 1. The number of rotatable bonds is 2. The molecule has 0 saturated carbocycles. The van der Waals surface area contributed by atoms with Gasteiger partial charge < -0.3 is 14.4 Å². The first-order valence-electron chi connectivity index (χ1n) is 5.22. The lowest BCUT2D eigenvalue weighted by Gasteiger charge is -2.24. The van der Waals surface area contributed by atoms with Crippen LogP contribution in [0.25, 0.3) is 0 Å². The molecular weight excluding hydrogens is 210 g/mol. The van der Waals surface area contributed by atoms with Crippen molar-refractivity contribution in [3.05, 3.63) is 34.2 Å². The van der Waals surface area contributed by atoms with Crippen molar-refractivity contribution >= 4 is 5.97 Å². The Bertz CT molecular complexity index is 446. The van der Waals surface area contributed by atoms with Gasteiger partial charge >= 0.3 is 5.97 Å². The van der Waals surface area contributed by atoms with E-state index in [0.717, 1.165) is 12.8 Å². The number of aromatic carboxylic acids is 1. The maximum Gasteiger partial charge on any atom is 0.341 e. The molecule has 0 atom stereocenters. The van der Waals surface area contributed by atoms with Crippen LogP contribution in [0.2, 0.25) is 0 Å². The molecule has 0 amide bonds. The van der Waals surface area contributed by atoms with E-state index in [9.17, 15) is 9.59 Å². The standard InChI is InChI=1S/C11H13NO4/c13-10-9(11(14)15)2-1-5-12(10)8-3-6-16-7-4-8/h1-2,5,8H,3-4,6-7H2,(H,14,15). The zero-order valence-corrected chi connectivity index (χ0v) is 8.76. The first-order chi connectivity index (χ1) is 7.70. The van der Waals surface area contributed by atoms with Gasteiger partial charge in [0.05, 0.1) is 0 Å². The number of aromatic nitrogens is 1. The second-order valence-corrected chi connectivity index (χ2v) is 3.78. The molecule has 0 bridgehead atoms. The molecule has 0 aromatic carbocycles. The topological polar surface area (TPSA) is 68.5 Å². The Balaban J connectivity index is 2.37. The largest absolute Gasteiger partial charge is 0.477 e. The number of carboxylic acids is 1. The lowest BCUT2D eigenvalue weighted by molar-refractivity contribution is 0.0667. The smallest absolute Gasteiger partial charge is 0.341 e. The molecule has 2 heterocycles. The summed E-state index contributed by atoms with van der Waals surface area (Å²) in [4.78, 5) is 22.7. The summed E-state index contributed by atoms with van der Waals surface area (Å²) in [5, 5.41) is 8.85. The highest BCUT2D eigenvalue weighted by Crippen LogP contribution is 2.18. The Morgan fingerprint density at radius 2 is 2.12 bits per heavy atom. The number of carboxylic acid groups (broad SMARTS) is 1. The number of ether oxygens (including phenoxy) is 1. The second-order valence-electron chi connectivity index (χ2n) is 3.78. The SMILES string of the molecule is O=C(O)c1cccn(C2CCOCC2)c1=O. The van der Waals surface area contributed by atoms with Gasteiger partial charge in [-0.25, -0.2) is 4.79 Å². The van der Waals surface area contributed by atoms with Crippen LogP contribution < -0.4 is 5.56 Å². The molecule has 1 aliphatic rings. The fraction of sp³-hybridized carbons (Fsp3) is 0.455. The van der Waals surface area contributed by atoms with Crippen molar-refractivity contribution in [3.8, 4) is 0 Å². The molecule has 0 unspecified atom stereocenters. The Kier molecular flexibility index (Phi) is 3.05. The molecule has 1 fully saturated rings. The minimum absolute atomic E-state index is 0.0561. The minimum Gasteiger partial charge on any atom is -0.477 e. The molecule has 0 radical (unpaired) electrons. The summed E-state index contributed by atoms with van der Waals surface area (Å²) in [7, 11) is 0. The molecule has 5 nitrogen and oxygen atoms in total. The van der Waals surface area contributed by atoms with Crippen molar-refractivity contribution in [2.45, 2.75) is 18.9 Å². The monoisotopic (exact) mass is 223 g/mol. The van der Waals surface area contributed by atoms with Gasteiger partial charge in [0.15, 0.2) is 0 Å². The van der Waals surface area contributed by atoms with Crippen LogP contribution in [0.15, 0.2) is 23.1 Å². The van der Waals surface area contributed by atoms with Crippen LogP contribution in [-0.2, 0) is 4.74 Å². The second kappa shape index (κ2) is 4.49. The molecule has 1 N–H and O–H groups in total. The van der Waals surface area contributed by atoms with Gasteiger partial charge in [0, 0.05) is 25.5 Å². The van der Waals surface area contributed by atoms with Crippen LogP contribution in [0.4, 0.5) is 0 Å². The quantitative estimate of drug-likeness (QED) is 0.808. The molecule has 1 aliphatic heterocycles. The van der Waals surface area contributed by atoms with E-state index in [4.69, 9.17) is 9.84 Å². The van der Waals surface area contributed by atoms with E-state index in [0.29, 0.717) is 13.2 Å². The molecule has 1 saturated heterocycles. The Labute approximate surface area is 92.3 Å². The summed E-state index contributed by atoms with van der Waals surface area (Å²) in [6.07, 6.45) is 3.15. The molecule has 86 valence electrons. The van der Waals surface area contributed by atoms with Crippen LogP contribution in [0.5, 0.6) is 0 Å². The molecule has 0 aliphatic carbocycles. The third kappa shape index (κ3) is 1.99. The third-order valence-corrected chi connectivity index (χ3v) is 2.79. The first kappa shape index (κ1) is 10.9. The van der Waals surface area contributed by atoms with Gasteiger partial charge in [0.1, 0.15) is 5.56 Å². The van der Waals surface area contributed by atoms with Gasteiger partial charge in [-0.05, 0) is 25.0 Å². The fourth-order valence-corrected chi connectivity index (χ4v) is 1.92. The van der Waals surface area contributed by atoms with Crippen molar-refractivity contribution in [1.29, 1.82) is 0 Å². The first-order valence-corrected chi connectivity index (χ1v) is 5.22. The summed E-state index contributed by atoms with van der Waals surface area (Å²) in [5.74, 6) is -1.17. The summed E-state index contributed by atoms with van der Waals surface area (Å²) < 4.78 is 6.71. The summed E-state index contributed by atoms with van der Waals surface area (Å²) in [6, 6.07) is 2.99. The molecule has 16 heavy (non-hydrogen) atoms. The van der Waals surface area contributed by atoms with Crippen LogP contribution in [0, 0.1) is 0 Å². The average Bonchev–Trinajstić information content (AvgIpc) is 2.30. The number of hydrogen-bond donors (Lipinski definition) is 1. The van der Waals surface area contributed by atoms with Gasteiger partial charge in [-0.2, -0.15) is 0 Å². The highest BCUT2D eigenvalue weighted by atomic mass is 16.5. The summed E-state index contributed by atoms with van der Waals surface area (Å²) >= 11 is 0. The highest BCUT2D eigenvalue weighted by molar-refractivity contribution is 5.86. The summed E-state index contributed by atoms with van der Waals surface area (Å²) in [6.45, 7) is 1.24. The van der Waals surface area contributed by atoms with Gasteiger partial charge in [0.2, 0.25) is 0 Å². The van der Waals surface area contributed by atoms with Crippen molar-refractivity contribution in [1.82, 2.24) is 4.57 Å². The zero-order chi connectivity index (χ0) is 11.5. The lowest BCUT2D eigenvalue weighted by Crippen LogP contribution is -2.31. The van der Waals surface area contributed by atoms with Crippen LogP contribution in [0.1, 0.15) is 29.2 Å². The molecule has 1 aromatic rings. The Morgan fingerprint density at radius 3 is 2.75 bits per heavy atom. The van der Waals surface area contributed by atoms with E-state index in [1.54, 1.807) is 12.3 Å². The van der Waals surface area contributed by atoms with E-state index >= 15 is 0 Å². The van der Waals surface area contributed by atoms with Crippen molar-refractivity contribution < 1.29 is 14.6 Å². The van der Waals surface area contributed by atoms with Crippen LogP contribution in [-0.4, -0.2) is 28.9 Å². The Hall–Kier alpha value is -1.62. The maximum atomic E-state index is 11.9. The average molecular weight is 223 g/mol. The fourth-order valence-electron chi connectivity index (χ4n) is 1.92. The number of hydrogen-bond acceptors (Lipinski definition) is 3. The van der Waals surface area contributed by atoms with Crippen LogP contribution in [0.3, 0.4) is 0 Å². The van der Waals surface area contributed by atoms with Crippen molar-refractivity contribution in [2.75, 3.05) is 13.2 Å². The highest BCUT2D eigenvalue weighted by Gasteiger charge is 2.19. The van der Waals surface area contributed by atoms with E-state index in [-0.39, 0.29) is 11.6 Å². The van der Waals surface area contributed by atoms with Crippen molar-refractivity contribution in [2.24, 2.45) is 0 Å². The van der Waals surface area contributed by atoms with E-state index < -0.39 is 11.5 Å². The van der Waals surface area contributed by atoms with E-state index in [2.05, 4.69) is 0 Å². The van der Waals surface area contributed by atoms with Crippen molar-refractivity contribution in [3.63, 3.8) is 0 Å². The van der Waals surface area contributed by atoms with Gasteiger partial charge in [-0.1, -0.05) is 0 Å². The molecule has 5 heteroatoms. The lowest BCUT2D eigenvalue weighted by atomic mass is 10.1. The molecule has 0 spiro atoms. The third-order valence-electron chi connectivity index (χ3n) is 2.79. The molecule has 2 rings (SSSR count). The number of nitrogens with zero attached hydrogens (tertiary/aromatic N) is 1. The maximum absolute atomic E-state index is 11.9. The van der Waals surface area contributed by atoms with Crippen LogP contribution >= 0.6 is 0 Å². The van der Waals surface area contributed by atoms with Gasteiger partial charge in [-0.15, -0.1) is 0 Å². The Morgan fingerprint density at radius 1 is 1.44 bits per heavy atom.